The molecule has 0 radical (unpaired) electrons. The number of H-pyrrole nitrogens is 1. The van der Waals surface area contributed by atoms with E-state index < -0.39 is 0 Å². The Morgan fingerprint density at radius 1 is 1.23 bits per heavy atom. The average Bonchev–Trinajstić information content (AvgIpc) is 2.83. The van der Waals surface area contributed by atoms with Gasteiger partial charge < -0.3 is 14.8 Å². The van der Waals surface area contributed by atoms with E-state index in [1.807, 2.05) is 13.8 Å². The minimum absolute atomic E-state index is 0.0489. The van der Waals surface area contributed by atoms with Crippen LogP contribution in [-0.2, 0) is 11.2 Å². The second kappa shape index (κ2) is 6.98. The lowest BCUT2D eigenvalue weighted by Gasteiger charge is -2.10. The lowest BCUT2D eigenvalue weighted by molar-refractivity contribution is -0.116. The Kier molecular flexibility index (Phi) is 5.04. The zero-order valence-electron chi connectivity index (χ0n) is 13.3. The fraction of sp³-hybridized carbons (Fsp3) is 0.375. The van der Waals surface area contributed by atoms with Crippen molar-refractivity contribution in [3.8, 4) is 11.5 Å². The molecule has 6 heteroatoms. The number of ether oxygens (including phenoxy) is 2. The van der Waals surface area contributed by atoms with Crippen LogP contribution in [0.5, 0.6) is 11.5 Å². The van der Waals surface area contributed by atoms with Gasteiger partial charge in [0, 0.05) is 23.9 Å². The summed E-state index contributed by atoms with van der Waals surface area (Å²) in [6.45, 7) is 3.90. The van der Waals surface area contributed by atoms with E-state index in [0.29, 0.717) is 30.0 Å². The van der Waals surface area contributed by atoms with Crippen LogP contribution in [0, 0.1) is 13.8 Å². The van der Waals surface area contributed by atoms with E-state index >= 15 is 0 Å². The number of amides is 1. The van der Waals surface area contributed by atoms with E-state index in [1.165, 1.54) is 0 Å². The molecular weight excluding hydrogens is 282 g/mol. The van der Waals surface area contributed by atoms with Crippen molar-refractivity contribution in [1.82, 2.24) is 10.2 Å². The number of hydrogen-bond acceptors (Lipinski definition) is 4. The molecule has 0 aliphatic rings. The second-order valence-corrected chi connectivity index (χ2v) is 5.03. The fourth-order valence-corrected chi connectivity index (χ4v) is 2.32. The lowest BCUT2D eigenvalue weighted by Crippen LogP contribution is -2.12. The first kappa shape index (κ1) is 15.9. The molecule has 0 spiro atoms. The highest BCUT2D eigenvalue weighted by Gasteiger charge is 2.11. The van der Waals surface area contributed by atoms with Crippen molar-refractivity contribution in [2.24, 2.45) is 0 Å². The molecule has 0 bridgehead atoms. The average molecular weight is 303 g/mol. The van der Waals surface area contributed by atoms with Crippen molar-refractivity contribution >= 4 is 11.6 Å². The zero-order chi connectivity index (χ0) is 16.1. The number of anilines is 1. The minimum Gasteiger partial charge on any atom is -0.493 e. The van der Waals surface area contributed by atoms with Crippen LogP contribution in [0.3, 0.4) is 0 Å². The van der Waals surface area contributed by atoms with Gasteiger partial charge in [-0.3, -0.25) is 9.89 Å². The number of nitrogens with one attached hydrogen (secondary N) is 2. The molecular formula is C16H21N3O3. The monoisotopic (exact) mass is 303 g/mol. The predicted octanol–water partition coefficient (Wildman–Crippen LogP) is 2.62. The highest BCUT2D eigenvalue weighted by molar-refractivity contribution is 5.91. The number of aryl methyl sites for hydroxylation is 2. The standard InChI is InChI=1S/C16H21N3O3/c1-10-13(11(2)19-18-10)6-8-16(20)17-12-5-7-14(21-3)15(9-12)22-4/h5,7,9H,6,8H2,1-4H3,(H,17,20)(H,18,19). The van der Waals surface area contributed by atoms with Crippen LogP contribution < -0.4 is 14.8 Å². The van der Waals surface area contributed by atoms with Crippen LogP contribution >= 0.6 is 0 Å². The third kappa shape index (κ3) is 3.58. The molecule has 1 aromatic carbocycles. The number of aromatic amines is 1. The summed E-state index contributed by atoms with van der Waals surface area (Å²) in [6.07, 6.45) is 1.06. The van der Waals surface area contributed by atoms with E-state index in [4.69, 9.17) is 9.47 Å². The van der Waals surface area contributed by atoms with Gasteiger partial charge in [0.2, 0.25) is 5.91 Å². The van der Waals surface area contributed by atoms with Crippen LogP contribution in [0.4, 0.5) is 5.69 Å². The molecule has 0 aliphatic carbocycles. The number of carbonyl (C=O) groups is 1. The number of aromatic nitrogens is 2. The van der Waals surface area contributed by atoms with Gasteiger partial charge in [-0.2, -0.15) is 5.10 Å². The fourth-order valence-electron chi connectivity index (χ4n) is 2.32. The number of methoxy groups -OCH3 is 2. The highest BCUT2D eigenvalue weighted by atomic mass is 16.5. The number of hydrogen-bond donors (Lipinski definition) is 2. The van der Waals surface area contributed by atoms with Gasteiger partial charge in [-0.25, -0.2) is 0 Å². The molecule has 1 amide bonds. The van der Waals surface area contributed by atoms with E-state index in [1.54, 1.807) is 32.4 Å². The van der Waals surface area contributed by atoms with Crippen LogP contribution in [0.2, 0.25) is 0 Å². The first-order valence-electron chi connectivity index (χ1n) is 7.07. The molecule has 2 rings (SSSR count). The van der Waals surface area contributed by atoms with Crippen molar-refractivity contribution in [2.45, 2.75) is 26.7 Å². The van der Waals surface area contributed by atoms with Crippen LogP contribution in [0.25, 0.3) is 0 Å². The summed E-state index contributed by atoms with van der Waals surface area (Å²) in [5, 5.41) is 9.92. The molecule has 6 nitrogen and oxygen atoms in total. The molecule has 0 saturated carbocycles. The molecule has 1 heterocycles. The van der Waals surface area contributed by atoms with Crippen molar-refractivity contribution in [2.75, 3.05) is 19.5 Å². The molecule has 0 unspecified atom stereocenters. The molecule has 2 aromatic rings. The van der Waals surface area contributed by atoms with Crippen LogP contribution in [0.1, 0.15) is 23.4 Å². The van der Waals surface area contributed by atoms with E-state index in [2.05, 4.69) is 15.5 Å². The first-order chi connectivity index (χ1) is 10.5. The smallest absolute Gasteiger partial charge is 0.224 e. The quantitative estimate of drug-likeness (QED) is 0.860. The maximum absolute atomic E-state index is 12.1. The molecule has 22 heavy (non-hydrogen) atoms. The topological polar surface area (TPSA) is 76.2 Å². The summed E-state index contributed by atoms with van der Waals surface area (Å²) in [7, 11) is 3.14. The van der Waals surface area contributed by atoms with Crippen molar-refractivity contribution in [3.63, 3.8) is 0 Å². The van der Waals surface area contributed by atoms with Crippen molar-refractivity contribution in [3.05, 3.63) is 35.2 Å². The molecule has 0 fully saturated rings. The van der Waals surface area contributed by atoms with Crippen molar-refractivity contribution < 1.29 is 14.3 Å². The number of nitrogens with zero attached hydrogens (tertiary/aromatic N) is 1. The number of benzene rings is 1. The summed E-state index contributed by atoms with van der Waals surface area (Å²) in [4.78, 5) is 12.1. The largest absolute Gasteiger partial charge is 0.493 e. The van der Waals surface area contributed by atoms with Gasteiger partial charge in [0.15, 0.2) is 11.5 Å². The summed E-state index contributed by atoms with van der Waals surface area (Å²) >= 11 is 0. The summed E-state index contributed by atoms with van der Waals surface area (Å²) in [5.41, 5.74) is 3.73. The van der Waals surface area contributed by atoms with E-state index in [-0.39, 0.29) is 5.91 Å². The first-order valence-corrected chi connectivity index (χ1v) is 7.07. The van der Waals surface area contributed by atoms with E-state index in [9.17, 15) is 4.79 Å². The predicted molar refractivity (Wildman–Crippen MR) is 84.6 cm³/mol. The summed E-state index contributed by atoms with van der Waals surface area (Å²) in [5.74, 6) is 1.17. The van der Waals surface area contributed by atoms with Gasteiger partial charge in [0.1, 0.15) is 0 Å². The highest BCUT2D eigenvalue weighted by Crippen LogP contribution is 2.29. The Hall–Kier alpha value is -2.50. The Morgan fingerprint density at radius 3 is 2.55 bits per heavy atom. The molecule has 2 N–H and O–H groups in total. The molecule has 118 valence electrons. The van der Waals surface area contributed by atoms with Crippen LogP contribution in [-0.4, -0.2) is 30.3 Å². The lowest BCUT2D eigenvalue weighted by atomic mass is 10.1. The summed E-state index contributed by atoms with van der Waals surface area (Å²) < 4.78 is 10.4. The Labute approximate surface area is 129 Å². The van der Waals surface area contributed by atoms with Gasteiger partial charge >= 0.3 is 0 Å². The van der Waals surface area contributed by atoms with Gasteiger partial charge in [-0.05, 0) is 38.0 Å². The third-order valence-electron chi connectivity index (χ3n) is 3.55. The molecule has 1 aromatic heterocycles. The molecule has 0 atom stereocenters. The van der Waals surface area contributed by atoms with Crippen LogP contribution in [0.15, 0.2) is 18.2 Å². The normalized spacial score (nSPS) is 10.4. The maximum Gasteiger partial charge on any atom is 0.224 e. The SMILES string of the molecule is COc1ccc(NC(=O)CCc2c(C)n[nH]c2C)cc1OC. The zero-order valence-corrected chi connectivity index (χ0v) is 13.3. The summed E-state index contributed by atoms with van der Waals surface area (Å²) in [6, 6.07) is 5.29. The van der Waals surface area contributed by atoms with Gasteiger partial charge in [-0.1, -0.05) is 0 Å². The molecule has 0 aliphatic heterocycles. The third-order valence-corrected chi connectivity index (χ3v) is 3.55. The van der Waals surface area contributed by atoms with E-state index in [0.717, 1.165) is 17.0 Å². The number of carbonyl (C=O) groups excluding carboxylic acids is 1. The van der Waals surface area contributed by atoms with Gasteiger partial charge in [0.25, 0.3) is 0 Å². The number of rotatable bonds is 6. The maximum atomic E-state index is 12.1. The minimum atomic E-state index is -0.0489. The Bertz CT molecular complexity index is 645. The second-order valence-electron chi connectivity index (χ2n) is 5.03. The Morgan fingerprint density at radius 2 is 1.95 bits per heavy atom. The molecule has 0 saturated heterocycles. The Balaban J connectivity index is 1.97. The van der Waals surface area contributed by atoms with Gasteiger partial charge in [-0.15, -0.1) is 0 Å². The van der Waals surface area contributed by atoms with Gasteiger partial charge in [0.05, 0.1) is 19.9 Å². The van der Waals surface area contributed by atoms with Crippen molar-refractivity contribution in [1.29, 1.82) is 0 Å².